The summed E-state index contributed by atoms with van der Waals surface area (Å²) < 4.78 is 43.5. The third-order valence-electron chi connectivity index (χ3n) is 7.23. The Hall–Kier alpha value is -4.03. The number of likely N-dealkylation sites (N-methyl/N-ethyl adjacent to an activating group) is 1. The number of nitrogens with zero attached hydrogens (tertiary/aromatic N) is 6. The highest BCUT2D eigenvalue weighted by molar-refractivity contribution is 6.18. The number of aliphatic imine (C=N–C) groups is 2. The molecule has 4 rings (SSSR count). The SMILES string of the molecule is C=N/C=C1/C=C(c2cc(NC(=O)Nc3ccc(CN4CCN(C)CC4)c(C(F)(F)F)c3)nn2C)C=C(CC)C1=NCC. The molecular weight excluding hydrogens is 545 g/mol. The molecule has 0 spiro atoms. The molecule has 2 amide bonds. The summed E-state index contributed by atoms with van der Waals surface area (Å²) in [6, 6.07) is 4.91. The van der Waals surface area contributed by atoms with Gasteiger partial charge in [-0.15, -0.1) is 0 Å². The Kier molecular flexibility index (Phi) is 9.79. The monoisotopic (exact) mass is 582 g/mol. The molecule has 1 aliphatic carbocycles. The molecule has 1 aliphatic heterocycles. The lowest BCUT2D eigenvalue weighted by atomic mass is 9.90. The maximum absolute atomic E-state index is 14.0. The smallest absolute Gasteiger partial charge is 0.308 e. The first-order chi connectivity index (χ1) is 20.0. The third-order valence-corrected chi connectivity index (χ3v) is 7.23. The Morgan fingerprint density at radius 2 is 1.83 bits per heavy atom. The van der Waals surface area contributed by atoms with Gasteiger partial charge in [-0.25, -0.2) is 4.79 Å². The number of urea groups is 1. The van der Waals surface area contributed by atoms with Gasteiger partial charge in [-0.05, 0) is 62.5 Å². The van der Waals surface area contributed by atoms with Gasteiger partial charge >= 0.3 is 12.2 Å². The second-order valence-electron chi connectivity index (χ2n) is 10.3. The van der Waals surface area contributed by atoms with Crippen molar-refractivity contribution in [1.82, 2.24) is 19.6 Å². The summed E-state index contributed by atoms with van der Waals surface area (Å²) in [6.07, 6.45) is 1.82. The van der Waals surface area contributed by atoms with Gasteiger partial charge in [0.15, 0.2) is 5.82 Å². The number of nitrogens with one attached hydrogen (secondary N) is 2. The number of hydrogen-bond donors (Lipinski definition) is 2. The number of amides is 2. The minimum atomic E-state index is -4.55. The van der Waals surface area contributed by atoms with Crippen molar-refractivity contribution >= 4 is 35.5 Å². The summed E-state index contributed by atoms with van der Waals surface area (Å²) in [5, 5.41) is 9.54. The predicted octanol–water partition coefficient (Wildman–Crippen LogP) is 5.61. The molecule has 224 valence electrons. The van der Waals surface area contributed by atoms with Crippen molar-refractivity contribution in [3.8, 4) is 0 Å². The lowest BCUT2D eigenvalue weighted by Crippen LogP contribution is -2.44. The van der Waals surface area contributed by atoms with Gasteiger partial charge in [0.1, 0.15) is 0 Å². The molecule has 2 aromatic rings. The maximum Gasteiger partial charge on any atom is 0.416 e. The van der Waals surface area contributed by atoms with Crippen LogP contribution in [0.5, 0.6) is 0 Å². The number of piperazine rings is 1. The molecule has 42 heavy (non-hydrogen) atoms. The maximum atomic E-state index is 14.0. The number of anilines is 2. The molecule has 0 saturated carbocycles. The Balaban J connectivity index is 1.50. The third kappa shape index (κ3) is 7.42. The van der Waals surface area contributed by atoms with E-state index >= 15 is 0 Å². The van der Waals surface area contributed by atoms with Gasteiger partial charge in [0.05, 0.1) is 17.0 Å². The van der Waals surface area contributed by atoms with Crippen molar-refractivity contribution in [2.45, 2.75) is 33.0 Å². The van der Waals surface area contributed by atoms with E-state index in [-0.39, 0.29) is 23.6 Å². The van der Waals surface area contributed by atoms with Gasteiger partial charge in [-0.3, -0.25) is 24.9 Å². The highest BCUT2D eigenvalue weighted by atomic mass is 19.4. The van der Waals surface area contributed by atoms with Crippen LogP contribution in [0.25, 0.3) is 5.57 Å². The van der Waals surface area contributed by atoms with E-state index in [1.807, 2.05) is 37.9 Å². The van der Waals surface area contributed by atoms with Gasteiger partial charge in [-0.2, -0.15) is 18.3 Å². The highest BCUT2D eigenvalue weighted by Gasteiger charge is 2.34. The van der Waals surface area contributed by atoms with E-state index in [1.165, 1.54) is 12.1 Å². The molecule has 2 N–H and O–H groups in total. The number of aromatic nitrogens is 2. The Morgan fingerprint density at radius 3 is 2.48 bits per heavy atom. The van der Waals surface area contributed by atoms with E-state index in [2.05, 4.69) is 37.3 Å². The van der Waals surface area contributed by atoms with Crippen LogP contribution in [0.15, 0.2) is 63.7 Å². The van der Waals surface area contributed by atoms with Gasteiger partial charge in [0.25, 0.3) is 0 Å². The van der Waals surface area contributed by atoms with Crippen molar-refractivity contribution in [2.75, 3.05) is 50.4 Å². The van der Waals surface area contributed by atoms with E-state index in [0.717, 1.165) is 53.7 Å². The fourth-order valence-corrected chi connectivity index (χ4v) is 5.06. The van der Waals surface area contributed by atoms with Crippen LogP contribution in [-0.4, -0.2) is 77.8 Å². The lowest BCUT2D eigenvalue weighted by Gasteiger charge is -2.33. The van der Waals surface area contributed by atoms with Crippen molar-refractivity contribution in [3.63, 3.8) is 0 Å². The van der Waals surface area contributed by atoms with Crippen LogP contribution < -0.4 is 10.6 Å². The lowest BCUT2D eigenvalue weighted by molar-refractivity contribution is -0.138. The number of aryl methyl sites for hydroxylation is 1. The van der Waals surface area contributed by atoms with E-state index in [1.54, 1.807) is 24.0 Å². The van der Waals surface area contributed by atoms with E-state index < -0.39 is 17.8 Å². The molecular formula is C30H37F3N8O. The summed E-state index contributed by atoms with van der Waals surface area (Å²) >= 11 is 0. The number of halogens is 3. The topological polar surface area (TPSA) is 90.2 Å². The molecule has 1 aromatic heterocycles. The average molecular weight is 583 g/mol. The molecule has 0 bridgehead atoms. The van der Waals surface area contributed by atoms with Crippen molar-refractivity contribution in [2.24, 2.45) is 17.0 Å². The molecule has 1 saturated heterocycles. The zero-order valence-electron chi connectivity index (χ0n) is 24.4. The molecule has 1 aromatic carbocycles. The van der Waals surface area contributed by atoms with Crippen LogP contribution >= 0.6 is 0 Å². The number of alkyl halides is 3. The highest BCUT2D eigenvalue weighted by Crippen LogP contribution is 2.35. The summed E-state index contributed by atoms with van der Waals surface area (Å²) in [5.74, 6) is 0.250. The second kappa shape index (κ2) is 13.3. The minimum absolute atomic E-state index is 0.0399. The van der Waals surface area contributed by atoms with Crippen molar-refractivity contribution < 1.29 is 18.0 Å². The number of allylic oxidation sites excluding steroid dienone is 5. The Bertz CT molecular complexity index is 1440. The van der Waals surface area contributed by atoms with E-state index in [4.69, 9.17) is 0 Å². The Labute approximate surface area is 244 Å². The molecule has 0 radical (unpaired) electrons. The normalized spacial score (nSPS) is 18.6. The first-order valence-corrected chi connectivity index (χ1v) is 13.9. The van der Waals surface area contributed by atoms with Crippen LogP contribution in [0.1, 0.15) is 37.1 Å². The van der Waals surface area contributed by atoms with Gasteiger partial charge in [-0.1, -0.05) is 13.0 Å². The summed E-state index contributed by atoms with van der Waals surface area (Å²) in [6.45, 7) is 11.4. The first-order valence-electron chi connectivity index (χ1n) is 13.9. The van der Waals surface area contributed by atoms with Crippen LogP contribution in [0.3, 0.4) is 0 Å². The molecule has 1 fully saturated rings. The zero-order chi connectivity index (χ0) is 30.4. The number of benzene rings is 1. The minimum Gasteiger partial charge on any atom is -0.308 e. The number of rotatable bonds is 8. The fourth-order valence-electron chi connectivity index (χ4n) is 5.06. The van der Waals surface area contributed by atoms with Crippen molar-refractivity contribution in [1.29, 1.82) is 0 Å². The van der Waals surface area contributed by atoms with Crippen LogP contribution in [-0.2, 0) is 19.8 Å². The zero-order valence-corrected chi connectivity index (χ0v) is 24.4. The van der Waals surface area contributed by atoms with E-state index in [9.17, 15) is 18.0 Å². The number of hydrogen-bond acceptors (Lipinski definition) is 6. The van der Waals surface area contributed by atoms with Crippen LogP contribution in [0.2, 0.25) is 0 Å². The molecule has 9 nitrogen and oxygen atoms in total. The largest absolute Gasteiger partial charge is 0.416 e. The average Bonchev–Trinajstić information content (AvgIpc) is 3.30. The fraction of sp³-hybridized carbons (Fsp3) is 0.400. The molecule has 2 heterocycles. The number of carbonyl (C=O) groups excluding carboxylic acids is 1. The van der Waals surface area contributed by atoms with Crippen molar-refractivity contribution in [3.05, 3.63) is 70.6 Å². The molecule has 0 atom stereocenters. The molecule has 2 aliphatic rings. The molecule has 0 unspecified atom stereocenters. The number of carbonyl (C=O) groups is 1. The van der Waals surface area contributed by atoms with Crippen LogP contribution in [0.4, 0.5) is 29.5 Å². The first kappa shape index (κ1) is 30.9. The summed E-state index contributed by atoms with van der Waals surface area (Å²) in [4.78, 5) is 25.5. The van der Waals surface area contributed by atoms with E-state index in [0.29, 0.717) is 19.6 Å². The van der Waals surface area contributed by atoms with Crippen LogP contribution in [0, 0.1) is 0 Å². The van der Waals surface area contributed by atoms with Gasteiger partial charge < -0.3 is 10.2 Å². The molecule has 12 heteroatoms. The Morgan fingerprint density at radius 1 is 1.10 bits per heavy atom. The van der Waals surface area contributed by atoms with Gasteiger partial charge in [0.2, 0.25) is 0 Å². The van der Waals surface area contributed by atoms with Gasteiger partial charge in [0, 0.05) is 75.4 Å². The standard InChI is InChI=1S/C30H37F3N8O/c1-6-20-14-22(15-23(18-34-3)28(20)35-7-2)26-17-27(38-40(26)5)37-29(42)36-24-9-8-21(25(16-24)30(31,32)33)19-41-12-10-39(4)11-13-41/h8-9,14-18H,3,6-7,10-13,19H2,1-2,4-5H3,(H2,36,37,38,42)/b23-18-,35-28?. The second-order valence-corrected chi connectivity index (χ2v) is 10.3. The predicted molar refractivity (Wildman–Crippen MR) is 162 cm³/mol. The summed E-state index contributed by atoms with van der Waals surface area (Å²) in [5.41, 5.74) is 3.77. The summed E-state index contributed by atoms with van der Waals surface area (Å²) in [7, 11) is 3.74. The quantitative estimate of drug-likeness (QED) is 0.396.